The number of nitrogens with zero attached hydrogens (tertiary/aromatic N) is 3. The smallest absolute Gasteiger partial charge is 0.150 e. The van der Waals surface area contributed by atoms with E-state index in [4.69, 9.17) is 17.3 Å². The second-order valence-corrected chi connectivity index (χ2v) is 5.76. The summed E-state index contributed by atoms with van der Waals surface area (Å²) in [5.74, 6) is 1.17. The maximum absolute atomic E-state index is 6.43. The number of hydrogen-bond donors (Lipinski definition) is 1. The van der Waals surface area contributed by atoms with Gasteiger partial charge in [-0.05, 0) is 51.0 Å². The monoisotopic (exact) mass is 300 g/mol. The molecule has 0 aliphatic heterocycles. The highest BCUT2D eigenvalue weighted by Gasteiger charge is 2.18. The van der Waals surface area contributed by atoms with E-state index < -0.39 is 0 Å². The van der Waals surface area contributed by atoms with Crippen LogP contribution in [0.25, 0.3) is 16.7 Å². The Hall–Kier alpha value is -2.07. The molecule has 2 N–H and O–H groups in total. The van der Waals surface area contributed by atoms with Gasteiger partial charge in [-0.15, -0.1) is 0 Å². The van der Waals surface area contributed by atoms with Crippen LogP contribution in [0.2, 0.25) is 5.02 Å². The van der Waals surface area contributed by atoms with Gasteiger partial charge < -0.3 is 5.73 Å². The van der Waals surface area contributed by atoms with E-state index in [9.17, 15) is 0 Å². The first-order valence-electron chi connectivity index (χ1n) is 6.78. The van der Waals surface area contributed by atoms with Gasteiger partial charge in [0.25, 0.3) is 0 Å². The van der Waals surface area contributed by atoms with Crippen molar-refractivity contribution in [1.82, 2.24) is 14.5 Å². The van der Waals surface area contributed by atoms with Crippen LogP contribution < -0.4 is 5.73 Å². The van der Waals surface area contributed by atoms with Crippen molar-refractivity contribution in [3.05, 3.63) is 45.9 Å². The fourth-order valence-electron chi connectivity index (χ4n) is 2.70. The summed E-state index contributed by atoms with van der Waals surface area (Å²) in [7, 11) is 0. The van der Waals surface area contributed by atoms with Crippen LogP contribution in [0, 0.1) is 27.7 Å². The zero-order valence-electron chi connectivity index (χ0n) is 12.5. The number of aromatic nitrogens is 3. The summed E-state index contributed by atoms with van der Waals surface area (Å²) in [5, 5.41) is 1.60. The summed E-state index contributed by atoms with van der Waals surface area (Å²) in [6, 6.07) is 6.01. The first-order valence-corrected chi connectivity index (χ1v) is 7.16. The molecule has 0 spiro atoms. The third-order valence-electron chi connectivity index (χ3n) is 3.84. The SMILES string of the molecule is Cc1ccc(-n2c(C)c(C)c3c(N)nc(C)nc32)c(Cl)c1. The Morgan fingerprint density at radius 2 is 1.81 bits per heavy atom. The predicted octanol–water partition coefficient (Wildman–Crippen LogP) is 3.89. The molecule has 2 aromatic heterocycles. The highest BCUT2D eigenvalue weighted by atomic mass is 35.5. The van der Waals surface area contributed by atoms with Gasteiger partial charge in [0.2, 0.25) is 0 Å². The van der Waals surface area contributed by atoms with Gasteiger partial charge in [-0.25, -0.2) is 9.97 Å². The molecule has 4 nitrogen and oxygen atoms in total. The number of benzene rings is 1. The molecule has 0 saturated carbocycles. The van der Waals surface area contributed by atoms with Gasteiger partial charge in [-0.3, -0.25) is 4.57 Å². The molecule has 0 amide bonds. The van der Waals surface area contributed by atoms with Gasteiger partial charge in [-0.2, -0.15) is 0 Å². The summed E-state index contributed by atoms with van der Waals surface area (Å²) < 4.78 is 2.05. The third-order valence-corrected chi connectivity index (χ3v) is 4.14. The van der Waals surface area contributed by atoms with E-state index in [0.717, 1.165) is 33.5 Å². The largest absolute Gasteiger partial charge is 0.383 e. The van der Waals surface area contributed by atoms with Gasteiger partial charge in [0, 0.05) is 5.69 Å². The van der Waals surface area contributed by atoms with Crippen molar-refractivity contribution in [3.63, 3.8) is 0 Å². The van der Waals surface area contributed by atoms with E-state index in [0.29, 0.717) is 16.7 Å². The second-order valence-electron chi connectivity index (χ2n) is 5.36. The van der Waals surface area contributed by atoms with Crippen LogP contribution in [0.3, 0.4) is 0 Å². The van der Waals surface area contributed by atoms with Gasteiger partial charge in [-0.1, -0.05) is 17.7 Å². The van der Waals surface area contributed by atoms with E-state index in [-0.39, 0.29) is 0 Å². The summed E-state index contributed by atoms with van der Waals surface area (Å²) >= 11 is 6.43. The predicted molar refractivity (Wildman–Crippen MR) is 87.2 cm³/mol. The molecule has 2 heterocycles. The fourth-order valence-corrected chi connectivity index (χ4v) is 3.02. The van der Waals surface area contributed by atoms with Crippen molar-refractivity contribution in [1.29, 1.82) is 0 Å². The number of nitrogens with two attached hydrogens (primary N) is 1. The minimum absolute atomic E-state index is 0.514. The van der Waals surface area contributed by atoms with Crippen molar-refractivity contribution in [2.45, 2.75) is 27.7 Å². The molecule has 0 aliphatic carbocycles. The van der Waals surface area contributed by atoms with Crippen LogP contribution in [0.4, 0.5) is 5.82 Å². The van der Waals surface area contributed by atoms with Gasteiger partial charge in [0.15, 0.2) is 5.65 Å². The Bertz CT molecular complexity index is 865. The molecular formula is C16H17ClN4. The first-order chi connectivity index (χ1) is 9.90. The van der Waals surface area contributed by atoms with Crippen molar-refractivity contribution >= 4 is 28.5 Å². The van der Waals surface area contributed by atoms with Crippen LogP contribution in [0.15, 0.2) is 18.2 Å². The molecule has 0 aliphatic rings. The molecule has 5 heteroatoms. The van der Waals surface area contributed by atoms with Crippen LogP contribution in [0.5, 0.6) is 0 Å². The third kappa shape index (κ3) is 2.07. The standard InChI is InChI=1S/C16H17ClN4/c1-8-5-6-13(12(17)7-8)21-10(3)9(2)14-15(18)19-11(4)20-16(14)21/h5-7H,1-4H3,(H2,18,19,20). The number of nitrogen functional groups attached to an aromatic ring is 1. The Morgan fingerprint density at radius 1 is 1.10 bits per heavy atom. The lowest BCUT2D eigenvalue weighted by molar-refractivity contribution is 0.995. The molecule has 3 rings (SSSR count). The van der Waals surface area contributed by atoms with E-state index >= 15 is 0 Å². The highest BCUT2D eigenvalue weighted by Crippen LogP contribution is 2.33. The number of anilines is 1. The van der Waals surface area contributed by atoms with Crippen LogP contribution in [-0.2, 0) is 0 Å². The maximum Gasteiger partial charge on any atom is 0.150 e. The molecular weight excluding hydrogens is 284 g/mol. The minimum Gasteiger partial charge on any atom is -0.383 e. The summed E-state index contributed by atoms with van der Waals surface area (Å²) in [6.07, 6.45) is 0. The fraction of sp³-hybridized carbons (Fsp3) is 0.250. The average molecular weight is 301 g/mol. The van der Waals surface area contributed by atoms with Crippen LogP contribution >= 0.6 is 11.6 Å². The van der Waals surface area contributed by atoms with E-state index in [1.54, 1.807) is 0 Å². The van der Waals surface area contributed by atoms with E-state index in [1.807, 2.05) is 45.9 Å². The zero-order valence-corrected chi connectivity index (χ0v) is 13.3. The van der Waals surface area contributed by atoms with Crippen molar-refractivity contribution in [2.24, 2.45) is 0 Å². The van der Waals surface area contributed by atoms with Gasteiger partial charge in [0.1, 0.15) is 11.6 Å². The van der Waals surface area contributed by atoms with Gasteiger partial charge >= 0.3 is 0 Å². The molecule has 21 heavy (non-hydrogen) atoms. The highest BCUT2D eigenvalue weighted by molar-refractivity contribution is 6.32. The summed E-state index contributed by atoms with van der Waals surface area (Å²) in [6.45, 7) is 7.94. The number of hydrogen-bond acceptors (Lipinski definition) is 3. The lowest BCUT2D eigenvalue weighted by Gasteiger charge is -2.11. The Labute approximate surface area is 128 Å². The lowest BCUT2D eigenvalue weighted by Crippen LogP contribution is -2.02. The molecule has 0 bridgehead atoms. The average Bonchev–Trinajstić information content (AvgIpc) is 2.63. The molecule has 0 atom stereocenters. The van der Waals surface area contributed by atoms with Crippen LogP contribution in [0.1, 0.15) is 22.6 Å². The number of fused-ring (bicyclic) bond motifs is 1. The van der Waals surface area contributed by atoms with Crippen molar-refractivity contribution < 1.29 is 0 Å². The Morgan fingerprint density at radius 3 is 2.48 bits per heavy atom. The molecule has 0 radical (unpaired) electrons. The van der Waals surface area contributed by atoms with Gasteiger partial charge in [0.05, 0.1) is 16.1 Å². The maximum atomic E-state index is 6.43. The first kappa shape index (κ1) is 13.9. The molecule has 108 valence electrons. The van der Waals surface area contributed by atoms with Crippen molar-refractivity contribution in [2.75, 3.05) is 5.73 Å². The number of halogens is 1. The van der Waals surface area contributed by atoms with E-state index in [2.05, 4.69) is 14.5 Å². The molecule has 3 aromatic rings. The molecule has 0 unspecified atom stereocenters. The zero-order chi connectivity index (χ0) is 15.3. The Kier molecular flexibility index (Phi) is 3.14. The van der Waals surface area contributed by atoms with Crippen molar-refractivity contribution in [3.8, 4) is 5.69 Å². The Balaban J connectivity index is 2.45. The molecule has 1 aromatic carbocycles. The summed E-state index contributed by atoms with van der Waals surface area (Å²) in [5.41, 5.74) is 11.1. The summed E-state index contributed by atoms with van der Waals surface area (Å²) in [4.78, 5) is 8.84. The second kappa shape index (κ2) is 4.74. The normalized spacial score (nSPS) is 11.3. The minimum atomic E-state index is 0.514. The molecule has 0 fully saturated rings. The quantitative estimate of drug-likeness (QED) is 0.742. The lowest BCUT2D eigenvalue weighted by atomic mass is 10.2. The molecule has 0 saturated heterocycles. The van der Waals surface area contributed by atoms with E-state index in [1.165, 1.54) is 0 Å². The van der Waals surface area contributed by atoms with Crippen LogP contribution in [-0.4, -0.2) is 14.5 Å². The number of aryl methyl sites for hydroxylation is 3. The topological polar surface area (TPSA) is 56.7 Å². The number of rotatable bonds is 1.